The molecule has 1 aromatic rings. The Bertz CT molecular complexity index is 541. The van der Waals surface area contributed by atoms with Crippen LogP contribution in [-0.2, 0) is 25.3 Å². The van der Waals surface area contributed by atoms with Gasteiger partial charge in [0.05, 0.1) is 24.7 Å². The Hall–Kier alpha value is -1.04. The van der Waals surface area contributed by atoms with Crippen molar-refractivity contribution in [2.75, 3.05) is 7.11 Å². The standard InChI is InChI=1S/C15H20BClO4/c1-14(2)15(3,4)21-16(20-14)11-7-6-10(8-12(11)17)9-13(18)19-5/h6-8H,9H2,1-5H3. The van der Waals surface area contributed by atoms with Gasteiger partial charge in [0.15, 0.2) is 0 Å². The third-order valence-corrected chi connectivity index (χ3v) is 4.48. The molecule has 1 saturated heterocycles. The Kier molecular flexibility index (Phi) is 4.38. The molecule has 0 radical (unpaired) electrons. The van der Waals surface area contributed by atoms with Crippen molar-refractivity contribution in [2.45, 2.75) is 45.3 Å². The lowest BCUT2D eigenvalue weighted by Crippen LogP contribution is -2.41. The number of halogens is 1. The summed E-state index contributed by atoms with van der Waals surface area (Å²) in [6, 6.07) is 5.42. The van der Waals surface area contributed by atoms with Crippen molar-refractivity contribution < 1.29 is 18.8 Å². The van der Waals surface area contributed by atoms with E-state index in [2.05, 4.69) is 4.74 Å². The van der Waals surface area contributed by atoms with E-state index in [1.54, 1.807) is 6.07 Å². The summed E-state index contributed by atoms with van der Waals surface area (Å²) in [5.74, 6) is -0.297. The van der Waals surface area contributed by atoms with Crippen LogP contribution < -0.4 is 5.46 Å². The Balaban J connectivity index is 2.21. The highest BCUT2D eigenvalue weighted by Gasteiger charge is 2.52. The van der Waals surface area contributed by atoms with Crippen LogP contribution in [0, 0.1) is 0 Å². The third-order valence-electron chi connectivity index (χ3n) is 4.15. The first-order chi connectivity index (χ1) is 9.66. The molecule has 0 spiro atoms. The number of carbonyl (C=O) groups is 1. The fraction of sp³-hybridized carbons (Fsp3) is 0.533. The summed E-state index contributed by atoms with van der Waals surface area (Å²) in [4.78, 5) is 11.3. The number of benzene rings is 1. The van der Waals surface area contributed by atoms with E-state index in [-0.39, 0.29) is 12.4 Å². The van der Waals surface area contributed by atoms with Crippen molar-refractivity contribution in [3.8, 4) is 0 Å². The lowest BCUT2D eigenvalue weighted by molar-refractivity contribution is -0.139. The molecule has 1 aliphatic heterocycles. The summed E-state index contributed by atoms with van der Waals surface area (Å²) >= 11 is 6.31. The molecule has 21 heavy (non-hydrogen) atoms. The topological polar surface area (TPSA) is 44.8 Å². The maximum Gasteiger partial charge on any atom is 0.496 e. The van der Waals surface area contributed by atoms with Crippen LogP contribution in [0.25, 0.3) is 0 Å². The first-order valence-electron chi connectivity index (χ1n) is 6.87. The molecular weight excluding hydrogens is 290 g/mol. The predicted octanol–water partition coefficient (Wildman–Crippen LogP) is 2.35. The molecule has 0 amide bonds. The summed E-state index contributed by atoms with van der Waals surface area (Å²) in [5, 5.41) is 0.523. The number of carbonyl (C=O) groups excluding carboxylic acids is 1. The number of hydrogen-bond acceptors (Lipinski definition) is 4. The summed E-state index contributed by atoms with van der Waals surface area (Å²) in [6.07, 6.45) is 0.194. The first kappa shape index (κ1) is 16.3. The molecule has 0 saturated carbocycles. The van der Waals surface area contributed by atoms with E-state index in [1.165, 1.54) is 7.11 Å². The normalized spacial score (nSPS) is 19.6. The summed E-state index contributed by atoms with van der Waals surface area (Å²) < 4.78 is 16.6. The van der Waals surface area contributed by atoms with Gasteiger partial charge in [0.25, 0.3) is 0 Å². The zero-order valence-corrected chi connectivity index (χ0v) is 13.8. The Morgan fingerprint density at radius 1 is 1.24 bits per heavy atom. The minimum Gasteiger partial charge on any atom is -0.469 e. The second kappa shape index (κ2) is 5.63. The maximum atomic E-state index is 11.3. The van der Waals surface area contributed by atoms with Gasteiger partial charge in [-0.3, -0.25) is 4.79 Å². The van der Waals surface area contributed by atoms with E-state index in [4.69, 9.17) is 20.9 Å². The molecule has 0 atom stereocenters. The van der Waals surface area contributed by atoms with Gasteiger partial charge in [-0.05, 0) is 39.3 Å². The van der Waals surface area contributed by atoms with Crippen LogP contribution in [0.5, 0.6) is 0 Å². The predicted molar refractivity (Wildman–Crippen MR) is 82.9 cm³/mol. The van der Waals surface area contributed by atoms with Gasteiger partial charge < -0.3 is 14.0 Å². The Labute approximate surface area is 130 Å². The lowest BCUT2D eigenvalue weighted by Gasteiger charge is -2.32. The van der Waals surface area contributed by atoms with Crippen LogP contribution in [0.3, 0.4) is 0 Å². The van der Waals surface area contributed by atoms with Crippen molar-refractivity contribution in [2.24, 2.45) is 0 Å². The highest BCUT2D eigenvalue weighted by atomic mass is 35.5. The van der Waals surface area contributed by atoms with E-state index in [0.29, 0.717) is 5.02 Å². The zero-order valence-electron chi connectivity index (χ0n) is 13.0. The SMILES string of the molecule is COC(=O)Cc1ccc(B2OC(C)(C)C(C)(C)O2)c(Cl)c1. The highest BCUT2D eigenvalue weighted by molar-refractivity contribution is 6.65. The molecule has 0 aliphatic carbocycles. The monoisotopic (exact) mass is 310 g/mol. The van der Waals surface area contributed by atoms with Gasteiger partial charge in [0.1, 0.15) is 0 Å². The maximum absolute atomic E-state index is 11.3. The van der Waals surface area contributed by atoms with Crippen molar-refractivity contribution in [3.63, 3.8) is 0 Å². The first-order valence-corrected chi connectivity index (χ1v) is 7.25. The van der Waals surface area contributed by atoms with Gasteiger partial charge in [0, 0.05) is 10.5 Å². The van der Waals surface area contributed by atoms with Crippen LogP contribution in [-0.4, -0.2) is 31.4 Å². The molecule has 1 fully saturated rings. The zero-order chi connectivity index (χ0) is 15.8. The van der Waals surface area contributed by atoms with E-state index in [0.717, 1.165) is 11.0 Å². The van der Waals surface area contributed by atoms with Crippen LogP contribution in [0.15, 0.2) is 18.2 Å². The van der Waals surface area contributed by atoms with Gasteiger partial charge in [-0.15, -0.1) is 0 Å². The van der Waals surface area contributed by atoms with Crippen molar-refractivity contribution in [1.82, 2.24) is 0 Å². The van der Waals surface area contributed by atoms with E-state index in [9.17, 15) is 4.79 Å². The largest absolute Gasteiger partial charge is 0.496 e. The molecule has 1 aromatic carbocycles. The number of ether oxygens (including phenoxy) is 1. The molecule has 4 nitrogen and oxygen atoms in total. The van der Waals surface area contributed by atoms with Crippen LogP contribution in [0.4, 0.5) is 0 Å². The average Bonchev–Trinajstić information content (AvgIpc) is 2.58. The number of esters is 1. The van der Waals surface area contributed by atoms with E-state index in [1.807, 2.05) is 39.8 Å². The number of methoxy groups -OCH3 is 1. The molecule has 6 heteroatoms. The van der Waals surface area contributed by atoms with Crippen LogP contribution >= 0.6 is 11.6 Å². The third kappa shape index (κ3) is 3.25. The summed E-state index contributed by atoms with van der Waals surface area (Å²) in [7, 11) is 0.859. The van der Waals surface area contributed by atoms with Gasteiger partial charge >= 0.3 is 13.1 Å². The second-order valence-electron chi connectivity index (χ2n) is 6.20. The minimum atomic E-state index is -0.505. The smallest absolute Gasteiger partial charge is 0.469 e. The molecular formula is C15H20BClO4. The van der Waals surface area contributed by atoms with Crippen LogP contribution in [0.2, 0.25) is 5.02 Å². The van der Waals surface area contributed by atoms with E-state index < -0.39 is 18.3 Å². The van der Waals surface area contributed by atoms with Gasteiger partial charge in [0.2, 0.25) is 0 Å². The van der Waals surface area contributed by atoms with Crippen molar-refractivity contribution >= 4 is 30.2 Å². The van der Waals surface area contributed by atoms with Crippen LogP contribution in [0.1, 0.15) is 33.3 Å². The molecule has 0 aromatic heterocycles. The van der Waals surface area contributed by atoms with Gasteiger partial charge in [-0.1, -0.05) is 23.7 Å². The highest BCUT2D eigenvalue weighted by Crippen LogP contribution is 2.37. The van der Waals surface area contributed by atoms with Crippen molar-refractivity contribution in [3.05, 3.63) is 28.8 Å². The Morgan fingerprint density at radius 3 is 2.29 bits per heavy atom. The molecule has 2 rings (SSSR count). The van der Waals surface area contributed by atoms with Gasteiger partial charge in [-0.2, -0.15) is 0 Å². The summed E-state index contributed by atoms with van der Waals surface area (Å²) in [5.41, 5.74) is 0.744. The molecule has 0 N–H and O–H groups in total. The molecule has 0 unspecified atom stereocenters. The lowest BCUT2D eigenvalue weighted by atomic mass is 9.78. The minimum absolute atomic E-state index is 0.194. The van der Waals surface area contributed by atoms with Crippen molar-refractivity contribution in [1.29, 1.82) is 0 Å². The average molecular weight is 311 g/mol. The Morgan fingerprint density at radius 2 is 1.81 bits per heavy atom. The number of hydrogen-bond donors (Lipinski definition) is 0. The number of rotatable bonds is 3. The molecule has 1 aliphatic rings. The van der Waals surface area contributed by atoms with E-state index >= 15 is 0 Å². The summed E-state index contributed by atoms with van der Waals surface area (Å²) in [6.45, 7) is 7.97. The second-order valence-corrected chi connectivity index (χ2v) is 6.60. The fourth-order valence-electron chi connectivity index (χ4n) is 2.08. The molecule has 0 bridgehead atoms. The fourth-order valence-corrected chi connectivity index (χ4v) is 2.37. The molecule has 1 heterocycles. The quantitative estimate of drug-likeness (QED) is 0.635. The van der Waals surface area contributed by atoms with Gasteiger partial charge in [-0.25, -0.2) is 0 Å². The molecule has 114 valence electrons.